The molecule has 0 atom stereocenters. The van der Waals surface area contributed by atoms with E-state index in [9.17, 15) is 4.39 Å². The lowest BCUT2D eigenvalue weighted by atomic mass is 10.2. The predicted octanol–water partition coefficient (Wildman–Crippen LogP) is 3.59. The molecule has 1 aromatic carbocycles. The van der Waals surface area contributed by atoms with Crippen LogP contribution in [0.4, 0.5) is 4.39 Å². The third-order valence-electron chi connectivity index (χ3n) is 2.68. The Labute approximate surface area is 98.7 Å². The van der Waals surface area contributed by atoms with Crippen LogP contribution in [0.25, 0.3) is 5.69 Å². The molecule has 1 heterocycles. The molecule has 0 aliphatic carbocycles. The van der Waals surface area contributed by atoms with Gasteiger partial charge in [-0.15, -0.1) is 0 Å². The summed E-state index contributed by atoms with van der Waals surface area (Å²) < 4.78 is 14.6. The Hall–Kier alpha value is -1.35. The van der Waals surface area contributed by atoms with Gasteiger partial charge < -0.3 is 0 Å². The Morgan fingerprint density at radius 2 is 1.94 bits per heavy atom. The van der Waals surface area contributed by atoms with Gasteiger partial charge in [-0.05, 0) is 44.5 Å². The minimum absolute atomic E-state index is 0.252. The Morgan fingerprint density at radius 3 is 2.44 bits per heavy atom. The molecule has 16 heavy (non-hydrogen) atoms. The number of aromatic nitrogens is 2. The Kier molecular flexibility index (Phi) is 2.72. The van der Waals surface area contributed by atoms with Crippen LogP contribution < -0.4 is 0 Å². The van der Waals surface area contributed by atoms with Gasteiger partial charge in [0.1, 0.15) is 11.0 Å². The summed E-state index contributed by atoms with van der Waals surface area (Å²) in [6.45, 7) is 5.65. The average Bonchev–Trinajstić information content (AvgIpc) is 2.46. The van der Waals surface area contributed by atoms with Gasteiger partial charge >= 0.3 is 0 Å². The lowest BCUT2D eigenvalue weighted by Gasteiger charge is -2.07. The topological polar surface area (TPSA) is 17.8 Å². The maximum Gasteiger partial charge on any atom is 0.136 e. The van der Waals surface area contributed by atoms with Gasteiger partial charge in [-0.2, -0.15) is 5.10 Å². The molecule has 0 bridgehead atoms. The summed E-state index contributed by atoms with van der Waals surface area (Å²) >= 11 is 6.17. The minimum atomic E-state index is -0.252. The summed E-state index contributed by atoms with van der Waals surface area (Å²) in [5.74, 6) is -0.252. The van der Waals surface area contributed by atoms with Gasteiger partial charge in [0.2, 0.25) is 0 Å². The lowest BCUT2D eigenvalue weighted by Crippen LogP contribution is -2.00. The number of benzene rings is 1. The number of aryl methyl sites for hydroxylation is 2. The molecule has 4 heteroatoms. The van der Waals surface area contributed by atoms with Gasteiger partial charge in [0.05, 0.1) is 11.4 Å². The highest BCUT2D eigenvalue weighted by Gasteiger charge is 2.12. The zero-order valence-electron chi connectivity index (χ0n) is 9.38. The molecular formula is C12H12ClFN2. The van der Waals surface area contributed by atoms with E-state index in [-0.39, 0.29) is 5.82 Å². The minimum Gasteiger partial charge on any atom is -0.221 e. The van der Waals surface area contributed by atoms with Gasteiger partial charge in [0, 0.05) is 5.56 Å². The highest BCUT2D eigenvalue weighted by Crippen LogP contribution is 2.24. The summed E-state index contributed by atoms with van der Waals surface area (Å²) in [4.78, 5) is 0. The molecule has 0 radical (unpaired) electrons. The Bertz CT molecular complexity index is 546. The van der Waals surface area contributed by atoms with E-state index in [0.717, 1.165) is 22.5 Å². The molecule has 0 amide bonds. The third kappa shape index (κ3) is 1.71. The molecule has 2 nitrogen and oxygen atoms in total. The normalized spacial score (nSPS) is 10.8. The molecule has 0 saturated carbocycles. The second-order valence-electron chi connectivity index (χ2n) is 3.84. The van der Waals surface area contributed by atoms with Crippen molar-refractivity contribution in [3.8, 4) is 5.69 Å². The van der Waals surface area contributed by atoms with Gasteiger partial charge in [-0.1, -0.05) is 11.6 Å². The molecule has 0 saturated heterocycles. The molecule has 0 unspecified atom stereocenters. The van der Waals surface area contributed by atoms with Crippen molar-refractivity contribution in [2.24, 2.45) is 0 Å². The van der Waals surface area contributed by atoms with Crippen molar-refractivity contribution in [3.63, 3.8) is 0 Å². The zero-order valence-corrected chi connectivity index (χ0v) is 10.1. The standard InChI is InChI=1S/C12H12ClFN2/c1-7-6-10(14)4-5-11(7)16-12(13)8(2)9(3)15-16/h4-6H,1-3H3. The molecule has 1 aromatic heterocycles. The fourth-order valence-corrected chi connectivity index (χ4v) is 1.86. The van der Waals surface area contributed by atoms with Gasteiger partial charge in [0.15, 0.2) is 0 Å². The SMILES string of the molecule is Cc1cc(F)ccc1-n1nc(C)c(C)c1Cl. The van der Waals surface area contributed by atoms with Crippen LogP contribution in [0.2, 0.25) is 5.15 Å². The van der Waals surface area contributed by atoms with Gasteiger partial charge in [-0.25, -0.2) is 9.07 Å². The van der Waals surface area contributed by atoms with Crippen LogP contribution in [-0.4, -0.2) is 9.78 Å². The molecule has 2 aromatic rings. The maximum absolute atomic E-state index is 13.0. The zero-order chi connectivity index (χ0) is 11.9. The van der Waals surface area contributed by atoms with Crippen molar-refractivity contribution in [1.82, 2.24) is 9.78 Å². The molecule has 2 rings (SSSR count). The second kappa shape index (κ2) is 3.91. The van der Waals surface area contributed by atoms with E-state index in [0.29, 0.717) is 5.15 Å². The van der Waals surface area contributed by atoms with Crippen LogP contribution in [0.5, 0.6) is 0 Å². The fraction of sp³-hybridized carbons (Fsp3) is 0.250. The summed E-state index contributed by atoms with van der Waals surface area (Å²) in [6, 6.07) is 4.56. The molecule has 0 N–H and O–H groups in total. The molecule has 0 aliphatic heterocycles. The molecule has 84 valence electrons. The number of rotatable bonds is 1. The number of hydrogen-bond acceptors (Lipinski definition) is 1. The van der Waals surface area contributed by atoms with Crippen LogP contribution in [0.1, 0.15) is 16.8 Å². The Morgan fingerprint density at radius 1 is 1.25 bits per heavy atom. The number of nitrogens with zero attached hydrogens (tertiary/aromatic N) is 2. The maximum atomic E-state index is 13.0. The van der Waals surface area contributed by atoms with Crippen molar-refractivity contribution in [2.75, 3.05) is 0 Å². The molecular weight excluding hydrogens is 227 g/mol. The van der Waals surface area contributed by atoms with Crippen molar-refractivity contribution >= 4 is 11.6 Å². The summed E-state index contributed by atoms with van der Waals surface area (Å²) in [5.41, 5.74) is 3.45. The monoisotopic (exact) mass is 238 g/mol. The van der Waals surface area contributed by atoms with E-state index in [1.165, 1.54) is 12.1 Å². The summed E-state index contributed by atoms with van der Waals surface area (Å²) in [7, 11) is 0. The average molecular weight is 239 g/mol. The van der Waals surface area contributed by atoms with Crippen molar-refractivity contribution in [2.45, 2.75) is 20.8 Å². The first-order valence-corrected chi connectivity index (χ1v) is 5.36. The van der Waals surface area contributed by atoms with Gasteiger partial charge in [-0.3, -0.25) is 0 Å². The van der Waals surface area contributed by atoms with Crippen LogP contribution in [-0.2, 0) is 0 Å². The largest absolute Gasteiger partial charge is 0.221 e. The smallest absolute Gasteiger partial charge is 0.136 e. The van der Waals surface area contributed by atoms with E-state index in [4.69, 9.17) is 11.6 Å². The van der Waals surface area contributed by atoms with Crippen molar-refractivity contribution in [1.29, 1.82) is 0 Å². The quantitative estimate of drug-likeness (QED) is 0.743. The van der Waals surface area contributed by atoms with E-state index < -0.39 is 0 Å². The van der Waals surface area contributed by atoms with Gasteiger partial charge in [0.25, 0.3) is 0 Å². The van der Waals surface area contributed by atoms with Crippen LogP contribution in [0.15, 0.2) is 18.2 Å². The van der Waals surface area contributed by atoms with Crippen LogP contribution >= 0.6 is 11.6 Å². The van der Waals surface area contributed by atoms with Crippen LogP contribution in [0, 0.1) is 26.6 Å². The summed E-state index contributed by atoms with van der Waals surface area (Å²) in [5, 5.41) is 4.91. The number of halogens is 2. The first-order chi connectivity index (χ1) is 7.50. The van der Waals surface area contributed by atoms with Crippen LogP contribution in [0.3, 0.4) is 0 Å². The third-order valence-corrected chi connectivity index (χ3v) is 3.12. The van der Waals surface area contributed by atoms with E-state index in [1.807, 2.05) is 20.8 Å². The summed E-state index contributed by atoms with van der Waals surface area (Å²) in [6.07, 6.45) is 0. The van der Waals surface area contributed by atoms with Crippen molar-refractivity contribution in [3.05, 3.63) is 46.0 Å². The molecule has 0 spiro atoms. The lowest BCUT2D eigenvalue weighted by molar-refractivity contribution is 0.625. The van der Waals surface area contributed by atoms with E-state index in [2.05, 4.69) is 5.10 Å². The predicted molar refractivity (Wildman–Crippen MR) is 62.7 cm³/mol. The second-order valence-corrected chi connectivity index (χ2v) is 4.20. The first kappa shape index (κ1) is 11.1. The van der Waals surface area contributed by atoms with Crippen molar-refractivity contribution < 1.29 is 4.39 Å². The fourth-order valence-electron chi connectivity index (χ4n) is 1.59. The van der Waals surface area contributed by atoms with E-state index >= 15 is 0 Å². The van der Waals surface area contributed by atoms with E-state index in [1.54, 1.807) is 10.7 Å². The molecule has 0 fully saturated rings. The first-order valence-electron chi connectivity index (χ1n) is 4.99. The number of hydrogen-bond donors (Lipinski definition) is 0. The Balaban J connectivity index is 2.63. The molecule has 0 aliphatic rings. The highest BCUT2D eigenvalue weighted by molar-refractivity contribution is 6.30. The highest BCUT2D eigenvalue weighted by atomic mass is 35.5.